The van der Waals surface area contributed by atoms with Crippen molar-refractivity contribution in [2.24, 2.45) is 0 Å². The third-order valence-electron chi connectivity index (χ3n) is 2.20. The van der Waals surface area contributed by atoms with Crippen LogP contribution in [0.25, 0.3) is 0 Å². The van der Waals surface area contributed by atoms with Gasteiger partial charge in [0, 0.05) is 7.05 Å². The van der Waals surface area contributed by atoms with E-state index in [1.807, 2.05) is 7.05 Å². The second-order valence-corrected chi connectivity index (χ2v) is 3.39. The first-order chi connectivity index (χ1) is 6.19. The quantitative estimate of drug-likeness (QED) is 0.698. The van der Waals surface area contributed by atoms with E-state index >= 15 is 0 Å². The molecule has 3 N–H and O–H groups in total. The highest BCUT2D eigenvalue weighted by Gasteiger charge is 2.03. The molecule has 0 amide bonds. The van der Waals surface area contributed by atoms with Crippen molar-refractivity contribution in [1.82, 2.24) is 0 Å². The number of rotatable bonds is 3. The first-order valence-corrected chi connectivity index (χ1v) is 4.75. The van der Waals surface area contributed by atoms with Crippen LogP contribution in [0.5, 0.6) is 0 Å². The lowest BCUT2D eigenvalue weighted by Gasteiger charge is -2.11. The topological polar surface area (TPSA) is 38.0 Å². The van der Waals surface area contributed by atoms with E-state index in [4.69, 9.17) is 5.73 Å². The second kappa shape index (κ2) is 4.17. The molecule has 2 nitrogen and oxygen atoms in total. The Morgan fingerprint density at radius 3 is 2.62 bits per heavy atom. The molecule has 1 aromatic rings. The molecule has 0 saturated carbocycles. The molecule has 0 unspecified atom stereocenters. The van der Waals surface area contributed by atoms with E-state index in [0.29, 0.717) is 0 Å². The molecule has 0 radical (unpaired) electrons. The van der Waals surface area contributed by atoms with E-state index in [9.17, 15) is 0 Å². The highest BCUT2D eigenvalue weighted by atomic mass is 14.8. The third-order valence-corrected chi connectivity index (χ3v) is 2.20. The zero-order valence-electron chi connectivity index (χ0n) is 8.65. The maximum Gasteiger partial charge on any atom is 0.0582 e. The van der Waals surface area contributed by atoms with Crippen LogP contribution in [-0.2, 0) is 6.42 Å². The van der Waals surface area contributed by atoms with E-state index < -0.39 is 0 Å². The summed E-state index contributed by atoms with van der Waals surface area (Å²) >= 11 is 0. The summed E-state index contributed by atoms with van der Waals surface area (Å²) in [4.78, 5) is 0. The van der Waals surface area contributed by atoms with E-state index in [0.717, 1.165) is 24.2 Å². The van der Waals surface area contributed by atoms with Crippen LogP contribution in [0.1, 0.15) is 24.5 Å². The minimum Gasteiger partial charge on any atom is -0.397 e. The van der Waals surface area contributed by atoms with Gasteiger partial charge in [0.2, 0.25) is 0 Å². The molecule has 2 heteroatoms. The van der Waals surface area contributed by atoms with Gasteiger partial charge in [0.05, 0.1) is 11.4 Å². The number of nitrogens with one attached hydrogen (secondary N) is 1. The first kappa shape index (κ1) is 9.90. The molecule has 0 atom stereocenters. The van der Waals surface area contributed by atoms with Crippen LogP contribution < -0.4 is 11.1 Å². The largest absolute Gasteiger partial charge is 0.397 e. The fourth-order valence-corrected chi connectivity index (χ4v) is 1.56. The molecule has 0 aliphatic rings. The molecule has 13 heavy (non-hydrogen) atoms. The zero-order chi connectivity index (χ0) is 9.84. The van der Waals surface area contributed by atoms with Crippen LogP contribution in [0.2, 0.25) is 0 Å². The first-order valence-electron chi connectivity index (χ1n) is 4.75. The molecule has 72 valence electrons. The predicted octanol–water partition coefficient (Wildman–Crippen LogP) is 2.57. The smallest absolute Gasteiger partial charge is 0.0582 e. The summed E-state index contributed by atoms with van der Waals surface area (Å²) in [6.45, 7) is 4.26. The molecule has 0 spiro atoms. The molecule has 1 rings (SSSR count). The summed E-state index contributed by atoms with van der Waals surface area (Å²) in [5, 5.41) is 3.11. The Morgan fingerprint density at radius 2 is 2.08 bits per heavy atom. The predicted molar refractivity (Wildman–Crippen MR) is 59.1 cm³/mol. The molecule has 0 fully saturated rings. The molecule has 0 aliphatic carbocycles. The van der Waals surface area contributed by atoms with Crippen LogP contribution in [0.15, 0.2) is 12.1 Å². The van der Waals surface area contributed by atoms with Crippen LogP contribution in [0.3, 0.4) is 0 Å². The monoisotopic (exact) mass is 178 g/mol. The minimum absolute atomic E-state index is 0.898. The van der Waals surface area contributed by atoms with Gasteiger partial charge in [0.15, 0.2) is 0 Å². The molecule has 0 saturated heterocycles. The Morgan fingerprint density at radius 1 is 1.38 bits per heavy atom. The van der Waals surface area contributed by atoms with Gasteiger partial charge in [0.1, 0.15) is 0 Å². The van der Waals surface area contributed by atoms with Crippen molar-refractivity contribution in [3.8, 4) is 0 Å². The van der Waals surface area contributed by atoms with Gasteiger partial charge in [-0.3, -0.25) is 0 Å². The summed E-state index contributed by atoms with van der Waals surface area (Å²) in [7, 11) is 1.90. The highest BCUT2D eigenvalue weighted by Crippen LogP contribution is 2.25. The van der Waals surface area contributed by atoms with Crippen LogP contribution in [-0.4, -0.2) is 7.05 Å². The number of hydrogen-bond acceptors (Lipinski definition) is 2. The summed E-state index contributed by atoms with van der Waals surface area (Å²) in [5.41, 5.74) is 10.5. The van der Waals surface area contributed by atoms with E-state index in [1.54, 1.807) is 0 Å². The van der Waals surface area contributed by atoms with Crippen molar-refractivity contribution < 1.29 is 0 Å². The summed E-state index contributed by atoms with van der Waals surface area (Å²) in [6.07, 6.45) is 2.19. The number of hydrogen-bond donors (Lipinski definition) is 2. The lowest BCUT2D eigenvalue weighted by molar-refractivity contribution is 0.923. The van der Waals surface area contributed by atoms with Gasteiger partial charge in [-0.2, -0.15) is 0 Å². The Hall–Kier alpha value is -1.18. The third kappa shape index (κ3) is 2.14. The number of aryl methyl sites for hydroxylation is 2. The number of anilines is 2. The Kier molecular flexibility index (Phi) is 3.18. The van der Waals surface area contributed by atoms with Crippen molar-refractivity contribution in [1.29, 1.82) is 0 Å². The van der Waals surface area contributed by atoms with Gasteiger partial charge in [-0.15, -0.1) is 0 Å². The van der Waals surface area contributed by atoms with Gasteiger partial charge in [-0.25, -0.2) is 0 Å². The van der Waals surface area contributed by atoms with Crippen molar-refractivity contribution >= 4 is 11.4 Å². The average Bonchev–Trinajstić information content (AvgIpc) is 2.11. The summed E-state index contributed by atoms with van der Waals surface area (Å²) in [5.74, 6) is 0. The van der Waals surface area contributed by atoms with Crippen molar-refractivity contribution in [2.45, 2.75) is 26.7 Å². The zero-order valence-corrected chi connectivity index (χ0v) is 8.65. The van der Waals surface area contributed by atoms with Gasteiger partial charge in [-0.05, 0) is 30.5 Å². The number of nitrogen functional groups attached to an aromatic ring is 1. The summed E-state index contributed by atoms with van der Waals surface area (Å²) in [6, 6.07) is 4.24. The van der Waals surface area contributed by atoms with Gasteiger partial charge in [-0.1, -0.05) is 19.4 Å². The molecule has 0 aliphatic heterocycles. The molecule has 1 aromatic carbocycles. The van der Waals surface area contributed by atoms with E-state index in [2.05, 4.69) is 31.3 Å². The van der Waals surface area contributed by atoms with Crippen LogP contribution in [0.4, 0.5) is 11.4 Å². The van der Waals surface area contributed by atoms with Crippen LogP contribution in [0, 0.1) is 6.92 Å². The maximum absolute atomic E-state index is 5.99. The average molecular weight is 178 g/mol. The fraction of sp³-hybridized carbons (Fsp3) is 0.455. The van der Waals surface area contributed by atoms with E-state index in [1.165, 1.54) is 11.1 Å². The second-order valence-electron chi connectivity index (χ2n) is 3.39. The van der Waals surface area contributed by atoms with Gasteiger partial charge < -0.3 is 11.1 Å². The lowest BCUT2D eigenvalue weighted by atomic mass is 10.0. The molecule has 0 bridgehead atoms. The van der Waals surface area contributed by atoms with E-state index in [-0.39, 0.29) is 0 Å². The van der Waals surface area contributed by atoms with Gasteiger partial charge >= 0.3 is 0 Å². The minimum atomic E-state index is 0.898. The highest BCUT2D eigenvalue weighted by molar-refractivity contribution is 5.70. The lowest BCUT2D eigenvalue weighted by Crippen LogP contribution is -2.01. The van der Waals surface area contributed by atoms with Crippen molar-refractivity contribution in [3.63, 3.8) is 0 Å². The molecular formula is C11H18N2. The Balaban J connectivity index is 3.11. The van der Waals surface area contributed by atoms with Crippen molar-refractivity contribution in [3.05, 3.63) is 23.3 Å². The Labute approximate surface area is 80.1 Å². The normalized spacial score (nSPS) is 10.1. The fourth-order valence-electron chi connectivity index (χ4n) is 1.56. The number of benzene rings is 1. The Bertz CT molecular complexity index is 292. The standard InChI is InChI=1S/C11H18N2/c1-4-5-9-6-8(2)7-10(13-3)11(9)12/h6-7,13H,4-5,12H2,1-3H3. The SMILES string of the molecule is CCCc1cc(C)cc(NC)c1N. The molecule has 0 aromatic heterocycles. The van der Waals surface area contributed by atoms with Crippen LogP contribution >= 0.6 is 0 Å². The molecule has 0 heterocycles. The summed E-state index contributed by atoms with van der Waals surface area (Å²) < 4.78 is 0. The maximum atomic E-state index is 5.99. The number of nitrogens with two attached hydrogens (primary N) is 1. The van der Waals surface area contributed by atoms with Crippen molar-refractivity contribution in [2.75, 3.05) is 18.1 Å². The molecular weight excluding hydrogens is 160 g/mol. The van der Waals surface area contributed by atoms with Gasteiger partial charge in [0.25, 0.3) is 0 Å².